The molecule has 14 heavy (non-hydrogen) atoms. The van der Waals surface area contributed by atoms with Gasteiger partial charge in [0.25, 0.3) is 0 Å². The summed E-state index contributed by atoms with van der Waals surface area (Å²) in [6, 6.07) is 0. The van der Waals surface area contributed by atoms with E-state index in [0.29, 0.717) is 0 Å². The number of nitrogens with zero attached hydrogens (tertiary/aromatic N) is 2. The van der Waals surface area contributed by atoms with Crippen molar-refractivity contribution in [2.24, 2.45) is 0 Å². The molecule has 0 aromatic carbocycles. The van der Waals surface area contributed by atoms with Crippen LogP contribution in [0.1, 0.15) is 13.8 Å². The highest BCUT2D eigenvalue weighted by Gasteiger charge is 1.94. The molecule has 2 unspecified atom stereocenters. The molecule has 0 saturated heterocycles. The molecule has 0 aromatic heterocycles. The van der Waals surface area contributed by atoms with E-state index in [0.717, 1.165) is 13.1 Å². The van der Waals surface area contributed by atoms with Crippen LogP contribution >= 0.6 is 0 Å². The second kappa shape index (κ2) is 9.40. The molecule has 0 aliphatic rings. The van der Waals surface area contributed by atoms with Gasteiger partial charge < -0.3 is 20.0 Å². The summed E-state index contributed by atoms with van der Waals surface area (Å²) in [4.78, 5) is 3.90. The maximum absolute atomic E-state index is 8.68. The van der Waals surface area contributed by atoms with E-state index in [2.05, 4.69) is 0 Å². The van der Waals surface area contributed by atoms with E-state index in [9.17, 15) is 0 Å². The first-order valence-corrected chi connectivity index (χ1v) is 4.91. The second-order valence-electron chi connectivity index (χ2n) is 4.22. The van der Waals surface area contributed by atoms with Gasteiger partial charge in [-0.2, -0.15) is 0 Å². The lowest BCUT2D eigenvalue weighted by molar-refractivity contribution is 0.153. The Hall–Kier alpha value is -0.160. The Morgan fingerprint density at radius 1 is 0.786 bits per heavy atom. The largest absolute Gasteiger partial charge is 0.392 e. The average Bonchev–Trinajstić information content (AvgIpc) is 1.79. The van der Waals surface area contributed by atoms with Gasteiger partial charge in [-0.1, -0.05) is 0 Å². The zero-order valence-electron chi connectivity index (χ0n) is 10.4. The fraction of sp³-hybridized carbons (Fsp3) is 1.00. The van der Waals surface area contributed by atoms with E-state index >= 15 is 0 Å². The number of hydrogen-bond donors (Lipinski definition) is 2. The fourth-order valence-electron chi connectivity index (χ4n) is 1.06. The van der Waals surface area contributed by atoms with E-state index in [-0.39, 0.29) is 12.2 Å². The molecule has 0 amide bonds. The van der Waals surface area contributed by atoms with Crippen LogP contribution in [0.15, 0.2) is 0 Å². The third-order valence-electron chi connectivity index (χ3n) is 1.26. The Bertz CT molecular complexity index is 88.7. The van der Waals surface area contributed by atoms with E-state index in [1.165, 1.54) is 0 Å². The van der Waals surface area contributed by atoms with Gasteiger partial charge in [0.15, 0.2) is 0 Å². The first kappa shape index (κ1) is 16.3. The minimum atomic E-state index is -0.199. The standard InChI is InChI=1S/2C5H13NO/c2*1-5(7)4-6(2)3/h2*5,7H,4H2,1-3H3. The first-order valence-electron chi connectivity index (χ1n) is 4.91. The van der Waals surface area contributed by atoms with E-state index in [1.807, 2.05) is 38.0 Å². The summed E-state index contributed by atoms with van der Waals surface area (Å²) < 4.78 is 0. The van der Waals surface area contributed by atoms with Crippen molar-refractivity contribution in [2.75, 3.05) is 41.3 Å². The van der Waals surface area contributed by atoms with Crippen LogP contribution in [0.25, 0.3) is 0 Å². The SMILES string of the molecule is CC(O)CN(C)C.CC(O)CN(C)C. The molecule has 0 rings (SSSR count). The van der Waals surface area contributed by atoms with Crippen molar-refractivity contribution in [3.63, 3.8) is 0 Å². The molecule has 0 aromatic rings. The summed E-state index contributed by atoms with van der Waals surface area (Å²) in [5.41, 5.74) is 0. The zero-order chi connectivity index (χ0) is 11.7. The molecule has 0 aliphatic heterocycles. The highest BCUT2D eigenvalue weighted by atomic mass is 16.3. The van der Waals surface area contributed by atoms with Crippen LogP contribution in [0.2, 0.25) is 0 Å². The summed E-state index contributed by atoms with van der Waals surface area (Å²) in [5, 5.41) is 17.4. The normalized spacial score (nSPS) is 15.0. The van der Waals surface area contributed by atoms with Crippen molar-refractivity contribution in [1.82, 2.24) is 9.80 Å². The van der Waals surface area contributed by atoms with Gasteiger partial charge in [0, 0.05) is 13.1 Å². The number of aliphatic hydroxyl groups excluding tert-OH is 2. The first-order chi connectivity index (χ1) is 6.25. The van der Waals surface area contributed by atoms with Crippen molar-refractivity contribution in [2.45, 2.75) is 26.1 Å². The third-order valence-corrected chi connectivity index (χ3v) is 1.26. The Labute approximate surface area is 88.1 Å². The molecule has 88 valence electrons. The molecule has 2 N–H and O–H groups in total. The van der Waals surface area contributed by atoms with Gasteiger partial charge in [-0.3, -0.25) is 0 Å². The minimum absolute atomic E-state index is 0.199. The van der Waals surface area contributed by atoms with Crippen LogP contribution < -0.4 is 0 Å². The maximum atomic E-state index is 8.68. The predicted molar refractivity (Wildman–Crippen MR) is 60.5 cm³/mol. The zero-order valence-corrected chi connectivity index (χ0v) is 10.4. The van der Waals surface area contributed by atoms with E-state index < -0.39 is 0 Å². The molecule has 0 heterocycles. The van der Waals surface area contributed by atoms with Crippen LogP contribution in [0.5, 0.6) is 0 Å². The van der Waals surface area contributed by atoms with E-state index in [4.69, 9.17) is 10.2 Å². The topological polar surface area (TPSA) is 46.9 Å². The lowest BCUT2D eigenvalue weighted by Crippen LogP contribution is -2.22. The van der Waals surface area contributed by atoms with Crippen molar-refractivity contribution in [1.29, 1.82) is 0 Å². The van der Waals surface area contributed by atoms with Crippen molar-refractivity contribution >= 4 is 0 Å². The highest BCUT2D eigenvalue weighted by molar-refractivity contribution is 4.48. The van der Waals surface area contributed by atoms with Crippen LogP contribution in [-0.4, -0.2) is 73.5 Å². The molecule has 4 heteroatoms. The molecule has 0 fully saturated rings. The number of rotatable bonds is 4. The van der Waals surface area contributed by atoms with Gasteiger partial charge in [-0.05, 0) is 42.0 Å². The highest BCUT2D eigenvalue weighted by Crippen LogP contribution is 1.80. The predicted octanol–water partition coefficient (Wildman–Crippen LogP) is -0.142. The Balaban J connectivity index is 0. The van der Waals surface area contributed by atoms with Crippen molar-refractivity contribution in [3.05, 3.63) is 0 Å². The molecule has 0 saturated carbocycles. The number of aliphatic hydroxyl groups is 2. The Kier molecular flexibility index (Phi) is 10.9. The lowest BCUT2D eigenvalue weighted by atomic mass is 10.4. The molecule has 4 nitrogen and oxygen atoms in total. The van der Waals surface area contributed by atoms with Gasteiger partial charge in [0.2, 0.25) is 0 Å². The van der Waals surface area contributed by atoms with Crippen molar-refractivity contribution < 1.29 is 10.2 Å². The molecule has 0 aliphatic carbocycles. The lowest BCUT2D eigenvalue weighted by Gasteiger charge is -2.10. The van der Waals surface area contributed by atoms with Crippen molar-refractivity contribution in [3.8, 4) is 0 Å². The van der Waals surface area contributed by atoms with Gasteiger partial charge in [-0.15, -0.1) is 0 Å². The second-order valence-corrected chi connectivity index (χ2v) is 4.22. The number of hydrogen-bond acceptors (Lipinski definition) is 4. The molecule has 0 spiro atoms. The smallest absolute Gasteiger partial charge is 0.0638 e. The van der Waals surface area contributed by atoms with Gasteiger partial charge in [0.05, 0.1) is 12.2 Å². The summed E-state index contributed by atoms with van der Waals surface area (Å²) in [6.45, 7) is 5.06. The molecular formula is C10H26N2O2. The average molecular weight is 206 g/mol. The maximum Gasteiger partial charge on any atom is 0.0638 e. The summed E-state index contributed by atoms with van der Waals surface area (Å²) >= 11 is 0. The summed E-state index contributed by atoms with van der Waals surface area (Å²) in [6.07, 6.45) is -0.398. The Morgan fingerprint density at radius 3 is 1.00 bits per heavy atom. The molecule has 0 radical (unpaired) electrons. The quantitative estimate of drug-likeness (QED) is 0.672. The molecule has 0 bridgehead atoms. The monoisotopic (exact) mass is 206 g/mol. The van der Waals surface area contributed by atoms with E-state index in [1.54, 1.807) is 13.8 Å². The van der Waals surface area contributed by atoms with Gasteiger partial charge in [0.1, 0.15) is 0 Å². The fourth-order valence-corrected chi connectivity index (χ4v) is 1.06. The minimum Gasteiger partial charge on any atom is -0.392 e. The van der Waals surface area contributed by atoms with Gasteiger partial charge >= 0.3 is 0 Å². The van der Waals surface area contributed by atoms with Gasteiger partial charge in [-0.25, -0.2) is 0 Å². The Morgan fingerprint density at radius 2 is 1.00 bits per heavy atom. The van der Waals surface area contributed by atoms with Crippen LogP contribution in [0.3, 0.4) is 0 Å². The molecular weight excluding hydrogens is 180 g/mol. The van der Waals surface area contributed by atoms with Crippen LogP contribution in [0.4, 0.5) is 0 Å². The number of likely N-dealkylation sites (N-methyl/N-ethyl adjacent to an activating group) is 2. The van der Waals surface area contributed by atoms with Crippen LogP contribution in [-0.2, 0) is 0 Å². The third kappa shape index (κ3) is 22.6. The molecule has 2 atom stereocenters. The van der Waals surface area contributed by atoms with Crippen LogP contribution in [0, 0.1) is 0 Å². The summed E-state index contributed by atoms with van der Waals surface area (Å²) in [7, 11) is 7.75. The summed E-state index contributed by atoms with van der Waals surface area (Å²) in [5.74, 6) is 0.